The van der Waals surface area contributed by atoms with E-state index in [0.29, 0.717) is 0 Å². The van der Waals surface area contributed by atoms with Crippen LogP contribution in [-0.4, -0.2) is 25.7 Å². The number of aryl methyl sites for hydroxylation is 1. The van der Waals surface area contributed by atoms with Gasteiger partial charge >= 0.3 is 0 Å². The Hall–Kier alpha value is -0.540. The second kappa shape index (κ2) is 4.99. The zero-order chi connectivity index (χ0) is 12.5. The van der Waals surface area contributed by atoms with Gasteiger partial charge in [0, 0.05) is 28.8 Å². The molecular weight excluding hydrogens is 276 g/mol. The maximum absolute atomic E-state index is 3.56. The molecule has 1 saturated heterocycles. The van der Waals surface area contributed by atoms with E-state index in [2.05, 4.69) is 65.2 Å². The first-order chi connectivity index (χ1) is 8.04. The summed E-state index contributed by atoms with van der Waals surface area (Å²) in [7, 11) is 2.07. The third kappa shape index (κ3) is 2.83. The molecule has 2 nitrogen and oxygen atoms in total. The van der Waals surface area contributed by atoms with E-state index < -0.39 is 0 Å². The highest BCUT2D eigenvalue weighted by Gasteiger charge is 2.29. The van der Waals surface area contributed by atoms with E-state index in [-0.39, 0.29) is 5.54 Å². The van der Waals surface area contributed by atoms with Gasteiger partial charge < -0.3 is 10.2 Å². The summed E-state index contributed by atoms with van der Waals surface area (Å²) in [5.74, 6) is 0. The lowest BCUT2D eigenvalue weighted by atomic mass is 9.91. The number of benzene rings is 1. The van der Waals surface area contributed by atoms with Gasteiger partial charge in [0.2, 0.25) is 0 Å². The van der Waals surface area contributed by atoms with Gasteiger partial charge in [-0.1, -0.05) is 15.9 Å². The average Bonchev–Trinajstić information content (AvgIpc) is 2.33. The van der Waals surface area contributed by atoms with Crippen LogP contribution in [0.25, 0.3) is 0 Å². The van der Waals surface area contributed by atoms with Crippen molar-refractivity contribution < 1.29 is 0 Å². The van der Waals surface area contributed by atoms with Crippen molar-refractivity contribution in [3.05, 3.63) is 28.2 Å². The summed E-state index contributed by atoms with van der Waals surface area (Å²) in [6, 6.07) is 6.62. The molecule has 0 radical (unpaired) electrons. The summed E-state index contributed by atoms with van der Waals surface area (Å²) < 4.78 is 1.19. The Labute approximate surface area is 113 Å². The van der Waals surface area contributed by atoms with Gasteiger partial charge in [-0.3, -0.25) is 0 Å². The largest absolute Gasteiger partial charge is 0.370 e. The topological polar surface area (TPSA) is 15.3 Å². The van der Waals surface area contributed by atoms with Crippen molar-refractivity contribution in [2.75, 3.05) is 25.0 Å². The summed E-state index contributed by atoms with van der Waals surface area (Å²) in [5, 5.41) is 3.46. The smallest absolute Gasteiger partial charge is 0.0370 e. The molecule has 1 aromatic carbocycles. The van der Waals surface area contributed by atoms with Crippen LogP contribution in [0.2, 0.25) is 0 Å². The molecule has 3 heteroatoms. The van der Waals surface area contributed by atoms with Gasteiger partial charge in [-0.15, -0.1) is 0 Å². The van der Waals surface area contributed by atoms with Gasteiger partial charge in [0.15, 0.2) is 0 Å². The van der Waals surface area contributed by atoms with Gasteiger partial charge in [0.1, 0.15) is 0 Å². The summed E-state index contributed by atoms with van der Waals surface area (Å²) in [6.45, 7) is 6.71. The second-order valence-electron chi connectivity index (χ2n) is 5.27. The fraction of sp³-hybridized carbons (Fsp3) is 0.571. The van der Waals surface area contributed by atoms with Crippen molar-refractivity contribution >= 4 is 21.6 Å². The highest BCUT2D eigenvalue weighted by molar-refractivity contribution is 9.10. The van der Waals surface area contributed by atoms with E-state index in [9.17, 15) is 0 Å². The highest BCUT2D eigenvalue weighted by Crippen LogP contribution is 2.28. The van der Waals surface area contributed by atoms with Crippen molar-refractivity contribution in [3.8, 4) is 0 Å². The minimum Gasteiger partial charge on any atom is -0.370 e. The maximum Gasteiger partial charge on any atom is 0.0370 e. The molecule has 2 rings (SSSR count). The Morgan fingerprint density at radius 1 is 1.41 bits per heavy atom. The van der Waals surface area contributed by atoms with Crippen LogP contribution >= 0.6 is 15.9 Å². The van der Waals surface area contributed by atoms with Crippen molar-refractivity contribution in [3.63, 3.8) is 0 Å². The average molecular weight is 297 g/mol. The quantitative estimate of drug-likeness (QED) is 0.900. The molecule has 1 heterocycles. The highest BCUT2D eigenvalue weighted by atomic mass is 79.9. The van der Waals surface area contributed by atoms with E-state index in [0.717, 1.165) is 6.54 Å². The Balaban J connectivity index is 2.19. The Kier molecular flexibility index (Phi) is 3.79. The Morgan fingerprint density at radius 2 is 2.18 bits per heavy atom. The fourth-order valence-corrected chi connectivity index (χ4v) is 2.74. The zero-order valence-electron chi connectivity index (χ0n) is 10.9. The van der Waals surface area contributed by atoms with Crippen molar-refractivity contribution in [2.45, 2.75) is 32.2 Å². The molecule has 1 unspecified atom stereocenters. The van der Waals surface area contributed by atoms with E-state index in [1.807, 2.05) is 0 Å². The van der Waals surface area contributed by atoms with Crippen LogP contribution in [0, 0.1) is 6.92 Å². The van der Waals surface area contributed by atoms with E-state index >= 15 is 0 Å². The molecule has 1 fully saturated rings. The molecular formula is C14H21BrN2. The predicted octanol–water partition coefficient (Wildman–Crippen LogP) is 3.34. The standard InChI is InChI=1S/C14H21BrN2/c1-11-9-12(5-6-13(11)15)17-8-4-7-14(2,10-17)16-3/h5-6,9,16H,4,7-8,10H2,1-3H3. The number of nitrogens with zero attached hydrogens (tertiary/aromatic N) is 1. The third-order valence-corrected chi connectivity index (χ3v) is 4.70. The molecule has 1 aliphatic heterocycles. The predicted molar refractivity (Wildman–Crippen MR) is 77.8 cm³/mol. The number of likely N-dealkylation sites (N-methyl/N-ethyl adjacent to an activating group) is 1. The molecule has 0 aliphatic carbocycles. The van der Waals surface area contributed by atoms with Crippen LogP contribution in [0.3, 0.4) is 0 Å². The lowest BCUT2D eigenvalue weighted by Gasteiger charge is -2.41. The first-order valence-corrected chi connectivity index (χ1v) is 7.03. The van der Waals surface area contributed by atoms with Crippen LogP contribution in [0.5, 0.6) is 0 Å². The first kappa shape index (κ1) is 12.9. The molecule has 0 spiro atoms. The Morgan fingerprint density at radius 3 is 2.82 bits per heavy atom. The molecule has 0 amide bonds. The van der Waals surface area contributed by atoms with E-state index in [1.54, 1.807) is 0 Å². The second-order valence-corrected chi connectivity index (χ2v) is 6.12. The first-order valence-electron chi connectivity index (χ1n) is 6.24. The van der Waals surface area contributed by atoms with Gasteiger partial charge in [-0.25, -0.2) is 0 Å². The van der Waals surface area contributed by atoms with Gasteiger partial charge in [-0.2, -0.15) is 0 Å². The summed E-state index contributed by atoms with van der Waals surface area (Å²) in [4.78, 5) is 2.49. The molecule has 94 valence electrons. The molecule has 1 N–H and O–H groups in total. The molecule has 0 aromatic heterocycles. The van der Waals surface area contributed by atoms with Crippen LogP contribution in [-0.2, 0) is 0 Å². The monoisotopic (exact) mass is 296 g/mol. The van der Waals surface area contributed by atoms with E-state index in [4.69, 9.17) is 0 Å². The van der Waals surface area contributed by atoms with Crippen LogP contribution in [0.15, 0.2) is 22.7 Å². The Bertz CT molecular complexity index is 405. The summed E-state index contributed by atoms with van der Waals surface area (Å²) >= 11 is 3.56. The number of piperidine rings is 1. The number of hydrogen-bond acceptors (Lipinski definition) is 2. The van der Waals surface area contributed by atoms with Gasteiger partial charge in [0.25, 0.3) is 0 Å². The van der Waals surface area contributed by atoms with E-state index in [1.165, 1.54) is 35.1 Å². The minimum atomic E-state index is 0.249. The summed E-state index contributed by atoms with van der Waals surface area (Å²) in [5.41, 5.74) is 2.89. The number of hydrogen-bond donors (Lipinski definition) is 1. The summed E-state index contributed by atoms with van der Waals surface area (Å²) in [6.07, 6.45) is 2.52. The maximum atomic E-state index is 3.56. The molecule has 1 aromatic rings. The normalized spacial score (nSPS) is 25.1. The van der Waals surface area contributed by atoms with Gasteiger partial charge in [-0.05, 0) is 57.5 Å². The lowest BCUT2D eigenvalue weighted by molar-refractivity contribution is 0.316. The molecule has 0 bridgehead atoms. The number of halogens is 1. The van der Waals surface area contributed by atoms with Crippen molar-refractivity contribution in [2.24, 2.45) is 0 Å². The zero-order valence-corrected chi connectivity index (χ0v) is 12.5. The minimum absolute atomic E-state index is 0.249. The van der Waals surface area contributed by atoms with Gasteiger partial charge in [0.05, 0.1) is 0 Å². The SMILES string of the molecule is CNC1(C)CCCN(c2ccc(Br)c(C)c2)C1. The van der Waals surface area contributed by atoms with Crippen LogP contribution in [0.4, 0.5) is 5.69 Å². The van der Waals surface area contributed by atoms with Crippen LogP contribution in [0.1, 0.15) is 25.3 Å². The fourth-order valence-electron chi connectivity index (χ4n) is 2.49. The number of anilines is 1. The van der Waals surface area contributed by atoms with Crippen LogP contribution < -0.4 is 10.2 Å². The number of rotatable bonds is 2. The molecule has 0 saturated carbocycles. The molecule has 1 atom stereocenters. The molecule has 17 heavy (non-hydrogen) atoms. The molecule has 1 aliphatic rings. The number of nitrogens with one attached hydrogen (secondary N) is 1. The lowest BCUT2D eigenvalue weighted by Crippen LogP contribution is -2.53. The van der Waals surface area contributed by atoms with Crippen molar-refractivity contribution in [1.82, 2.24) is 5.32 Å². The third-order valence-electron chi connectivity index (χ3n) is 3.81. The van der Waals surface area contributed by atoms with Crippen molar-refractivity contribution in [1.29, 1.82) is 0 Å².